The molecule has 0 spiro atoms. The normalized spacial score (nSPS) is 17.5. The number of aromatic hydroxyl groups is 1. The molecule has 0 unspecified atom stereocenters. The minimum Gasteiger partial charge on any atom is -0.504 e. The van der Waals surface area contributed by atoms with Crippen molar-refractivity contribution in [3.05, 3.63) is 59.0 Å². The first kappa shape index (κ1) is 20.9. The van der Waals surface area contributed by atoms with E-state index in [0.717, 1.165) is 19.3 Å². The molecule has 1 aromatic carbocycles. The third-order valence-corrected chi connectivity index (χ3v) is 5.77. The first-order valence-electron chi connectivity index (χ1n) is 10.8. The van der Waals surface area contributed by atoms with Crippen LogP contribution in [0.1, 0.15) is 72.1 Å². The van der Waals surface area contributed by atoms with Crippen molar-refractivity contribution >= 4 is 17.4 Å². The summed E-state index contributed by atoms with van der Waals surface area (Å²) in [5.41, 5.74) is 3.36. The monoisotopic (exact) mass is 421 g/mol. The van der Waals surface area contributed by atoms with Crippen LogP contribution in [0, 0.1) is 0 Å². The topological polar surface area (TPSA) is 101 Å². The quantitative estimate of drug-likeness (QED) is 0.466. The zero-order chi connectivity index (χ0) is 21.8. The molecule has 1 aliphatic carbocycles. The van der Waals surface area contributed by atoms with Crippen LogP contribution in [0.2, 0.25) is 0 Å². The molecule has 1 aliphatic heterocycles. The Kier molecular flexibility index (Phi) is 6.21. The van der Waals surface area contributed by atoms with Crippen molar-refractivity contribution in [2.75, 3.05) is 6.61 Å². The van der Waals surface area contributed by atoms with E-state index in [1.54, 1.807) is 6.20 Å². The zero-order valence-corrected chi connectivity index (χ0v) is 17.6. The van der Waals surface area contributed by atoms with Crippen LogP contribution in [0.15, 0.2) is 36.7 Å². The molecule has 4 rings (SSSR count). The second-order valence-corrected chi connectivity index (χ2v) is 8.00. The second-order valence-electron chi connectivity index (χ2n) is 8.00. The van der Waals surface area contributed by atoms with Crippen molar-refractivity contribution in [3.63, 3.8) is 0 Å². The molecule has 2 heterocycles. The number of fused-ring (bicyclic) bond motifs is 1. The summed E-state index contributed by atoms with van der Waals surface area (Å²) in [4.78, 5) is 29.1. The highest BCUT2D eigenvalue weighted by Gasteiger charge is 2.28. The Balaban J connectivity index is 1.53. The molecule has 162 valence electrons. The van der Waals surface area contributed by atoms with Crippen LogP contribution in [0.25, 0.3) is 5.57 Å². The number of pyridine rings is 1. The van der Waals surface area contributed by atoms with Gasteiger partial charge in [-0.15, -0.1) is 0 Å². The van der Waals surface area contributed by atoms with E-state index in [-0.39, 0.29) is 11.7 Å². The average molecular weight is 421 g/mol. The van der Waals surface area contributed by atoms with Crippen LogP contribution in [-0.4, -0.2) is 28.5 Å². The van der Waals surface area contributed by atoms with Gasteiger partial charge in [-0.3, -0.25) is 19.9 Å². The summed E-state index contributed by atoms with van der Waals surface area (Å²) in [6.45, 7) is 2.80. The third kappa shape index (κ3) is 4.55. The van der Waals surface area contributed by atoms with Gasteiger partial charge in [-0.1, -0.05) is 25.8 Å². The van der Waals surface area contributed by atoms with E-state index in [1.807, 2.05) is 25.1 Å². The average Bonchev–Trinajstić information content (AvgIpc) is 3.30. The lowest BCUT2D eigenvalue weighted by atomic mass is 9.89. The van der Waals surface area contributed by atoms with Gasteiger partial charge in [-0.2, -0.15) is 0 Å². The molecule has 7 nitrogen and oxygen atoms in total. The van der Waals surface area contributed by atoms with Crippen molar-refractivity contribution < 1.29 is 19.4 Å². The Morgan fingerprint density at radius 2 is 2.00 bits per heavy atom. The molecule has 2 amide bonds. The molecule has 1 aromatic heterocycles. The molecular weight excluding hydrogens is 394 g/mol. The number of nitrogens with one attached hydrogen (secondary N) is 2. The van der Waals surface area contributed by atoms with Gasteiger partial charge in [0.05, 0.1) is 30.6 Å². The summed E-state index contributed by atoms with van der Waals surface area (Å²) in [6, 6.07) is 7.34. The van der Waals surface area contributed by atoms with Gasteiger partial charge in [0.15, 0.2) is 11.5 Å². The number of hydrogen-bond acceptors (Lipinski definition) is 6. The molecular formula is C24H27N3O4. The van der Waals surface area contributed by atoms with Crippen molar-refractivity contribution in [2.24, 2.45) is 0 Å². The van der Waals surface area contributed by atoms with Gasteiger partial charge in [0.25, 0.3) is 11.8 Å². The Bertz CT molecular complexity index is 1030. The number of ether oxygens (including phenoxy) is 1. The summed E-state index contributed by atoms with van der Waals surface area (Å²) in [5, 5.41) is 15.6. The summed E-state index contributed by atoms with van der Waals surface area (Å²) < 4.78 is 5.43. The highest BCUT2D eigenvalue weighted by molar-refractivity contribution is 6.31. The van der Waals surface area contributed by atoms with Gasteiger partial charge < -0.3 is 15.2 Å². The van der Waals surface area contributed by atoms with Gasteiger partial charge in [0.1, 0.15) is 0 Å². The standard InChI is InChI=1S/C24H27N3O4/c1-2-9-31-22-14-26-17(11-21(22)28)12-25-13-20-19-10-16(15-5-3-4-6-15)7-8-18(19)23(29)27-24(20)30/h7-8,10-11,13-15,25H,2-6,9,12H2,1H3,(H,26,28)(H,27,29,30)/b20-13+. The van der Waals surface area contributed by atoms with Crippen LogP contribution in [0.3, 0.4) is 0 Å². The first-order chi connectivity index (χ1) is 15.1. The fourth-order valence-corrected chi connectivity index (χ4v) is 4.15. The number of imide groups is 1. The van der Waals surface area contributed by atoms with Crippen molar-refractivity contribution in [3.8, 4) is 11.5 Å². The van der Waals surface area contributed by atoms with Crippen molar-refractivity contribution in [1.82, 2.24) is 15.6 Å². The first-order valence-corrected chi connectivity index (χ1v) is 10.8. The Morgan fingerprint density at radius 3 is 2.74 bits per heavy atom. The number of carbonyl (C=O) groups is 2. The lowest BCUT2D eigenvalue weighted by molar-refractivity contribution is -0.114. The van der Waals surface area contributed by atoms with E-state index in [1.165, 1.54) is 30.7 Å². The Hall–Kier alpha value is -3.35. The van der Waals surface area contributed by atoms with Crippen LogP contribution < -0.4 is 15.4 Å². The molecule has 31 heavy (non-hydrogen) atoms. The van der Waals surface area contributed by atoms with Gasteiger partial charge >= 0.3 is 0 Å². The summed E-state index contributed by atoms with van der Waals surface area (Å²) in [5.74, 6) is 0.0697. The van der Waals surface area contributed by atoms with Crippen LogP contribution >= 0.6 is 0 Å². The summed E-state index contributed by atoms with van der Waals surface area (Å²) in [6.07, 6.45) is 8.65. The van der Waals surface area contributed by atoms with E-state index < -0.39 is 5.91 Å². The van der Waals surface area contributed by atoms with Gasteiger partial charge in [-0.25, -0.2) is 0 Å². The number of nitrogens with zero attached hydrogens (tertiary/aromatic N) is 1. The maximum Gasteiger partial charge on any atom is 0.260 e. The van der Waals surface area contributed by atoms with Crippen molar-refractivity contribution in [1.29, 1.82) is 0 Å². The van der Waals surface area contributed by atoms with Gasteiger partial charge in [0.2, 0.25) is 0 Å². The highest BCUT2D eigenvalue weighted by Crippen LogP contribution is 2.36. The Morgan fingerprint density at radius 1 is 1.19 bits per heavy atom. The maximum atomic E-state index is 12.5. The zero-order valence-electron chi connectivity index (χ0n) is 17.6. The molecule has 2 aliphatic rings. The smallest absolute Gasteiger partial charge is 0.260 e. The predicted molar refractivity (Wildman–Crippen MR) is 117 cm³/mol. The number of hydrogen-bond donors (Lipinski definition) is 3. The Labute approximate surface area is 181 Å². The largest absolute Gasteiger partial charge is 0.504 e. The van der Waals surface area contributed by atoms with Crippen LogP contribution in [-0.2, 0) is 11.3 Å². The van der Waals surface area contributed by atoms with E-state index in [0.29, 0.717) is 47.2 Å². The lowest BCUT2D eigenvalue weighted by Gasteiger charge is -2.21. The lowest BCUT2D eigenvalue weighted by Crippen LogP contribution is -2.37. The van der Waals surface area contributed by atoms with E-state index in [9.17, 15) is 14.7 Å². The van der Waals surface area contributed by atoms with Gasteiger partial charge in [0, 0.05) is 23.4 Å². The molecule has 0 radical (unpaired) electrons. The van der Waals surface area contributed by atoms with Crippen LogP contribution in [0.5, 0.6) is 11.5 Å². The molecule has 7 heteroatoms. The second kappa shape index (κ2) is 9.20. The maximum absolute atomic E-state index is 12.5. The number of rotatable bonds is 7. The highest BCUT2D eigenvalue weighted by atomic mass is 16.5. The van der Waals surface area contributed by atoms with Crippen LogP contribution in [0.4, 0.5) is 0 Å². The minimum atomic E-state index is -0.423. The molecule has 1 saturated carbocycles. The fourth-order valence-electron chi connectivity index (χ4n) is 4.15. The number of amides is 2. The minimum absolute atomic E-state index is 0.0282. The fraction of sp³-hybridized carbons (Fsp3) is 0.375. The SMILES string of the molecule is CCCOc1cnc(CN/C=C2/C(=O)NC(=O)c3ccc(C4CCCC4)cc32)cc1O. The predicted octanol–water partition coefficient (Wildman–Crippen LogP) is 3.63. The molecule has 0 bridgehead atoms. The van der Waals surface area contributed by atoms with E-state index in [4.69, 9.17) is 4.74 Å². The third-order valence-electron chi connectivity index (χ3n) is 5.77. The molecule has 0 atom stereocenters. The van der Waals surface area contributed by atoms with Gasteiger partial charge in [-0.05, 0) is 42.9 Å². The van der Waals surface area contributed by atoms with E-state index in [2.05, 4.69) is 15.6 Å². The number of aromatic nitrogens is 1. The molecule has 3 N–H and O–H groups in total. The number of carbonyl (C=O) groups excluding carboxylic acids is 2. The number of benzene rings is 1. The molecule has 2 aromatic rings. The summed E-state index contributed by atoms with van der Waals surface area (Å²) in [7, 11) is 0. The molecule has 0 saturated heterocycles. The summed E-state index contributed by atoms with van der Waals surface area (Å²) >= 11 is 0. The van der Waals surface area contributed by atoms with E-state index >= 15 is 0 Å². The molecule has 1 fully saturated rings. The van der Waals surface area contributed by atoms with Crippen molar-refractivity contribution in [2.45, 2.75) is 51.5 Å².